The van der Waals surface area contributed by atoms with Crippen LogP contribution in [-0.4, -0.2) is 22.2 Å². The molecular formula is C20H22N2OS. The van der Waals surface area contributed by atoms with Crippen molar-refractivity contribution in [3.8, 4) is 0 Å². The average Bonchev–Trinajstić information content (AvgIpc) is 2.52. The number of fused-ring (bicyclic) bond motifs is 1. The van der Waals surface area contributed by atoms with Crippen LogP contribution in [0.15, 0.2) is 53.7 Å². The van der Waals surface area contributed by atoms with Crippen LogP contribution < -0.4 is 4.90 Å². The zero-order valence-corrected chi connectivity index (χ0v) is 15.4. The molecule has 0 atom stereocenters. The molecule has 0 spiro atoms. The highest BCUT2D eigenvalue weighted by Crippen LogP contribution is 2.39. The molecule has 24 heavy (non-hydrogen) atoms. The van der Waals surface area contributed by atoms with Gasteiger partial charge in [0.05, 0.1) is 22.0 Å². The molecule has 2 heterocycles. The molecule has 1 aliphatic heterocycles. The van der Waals surface area contributed by atoms with Gasteiger partial charge in [-0.25, -0.2) is 4.98 Å². The highest BCUT2D eigenvalue weighted by molar-refractivity contribution is 7.99. The summed E-state index contributed by atoms with van der Waals surface area (Å²) in [5.74, 6) is 0.479. The fourth-order valence-corrected chi connectivity index (χ4v) is 3.94. The number of benzene rings is 1. The minimum Gasteiger partial charge on any atom is -0.302 e. The number of thioether (sulfide) groups is 1. The van der Waals surface area contributed by atoms with Crippen LogP contribution in [-0.2, 0) is 4.79 Å². The summed E-state index contributed by atoms with van der Waals surface area (Å²) >= 11 is 1.48. The highest BCUT2D eigenvalue weighted by Gasteiger charge is 2.35. The molecule has 0 fully saturated rings. The third kappa shape index (κ3) is 3.24. The first-order chi connectivity index (χ1) is 11.4. The van der Waals surface area contributed by atoms with E-state index in [1.54, 1.807) is 6.20 Å². The van der Waals surface area contributed by atoms with Gasteiger partial charge in [-0.15, -0.1) is 0 Å². The molecule has 2 aromatic rings. The molecule has 0 radical (unpaired) electrons. The molecule has 0 bridgehead atoms. The second kappa shape index (κ2) is 6.44. The maximum atomic E-state index is 13.0. The number of carbonyl (C=O) groups excluding carboxylic acids is 1. The maximum Gasteiger partial charge on any atom is 0.238 e. The number of rotatable bonds is 3. The standard InChI is InChI=1S/C20H22N2OS/c1-14-8-9-16-15(2)12-20(3,4)22(17(16)11-14)19(23)13-24-18-7-5-6-10-21-18/h5-12H,13H2,1-4H3. The van der Waals surface area contributed by atoms with E-state index in [-0.39, 0.29) is 11.4 Å². The Kier molecular flexibility index (Phi) is 4.50. The summed E-state index contributed by atoms with van der Waals surface area (Å²) in [4.78, 5) is 19.2. The van der Waals surface area contributed by atoms with Gasteiger partial charge < -0.3 is 4.90 Å². The normalized spacial score (nSPS) is 15.7. The second-order valence-electron chi connectivity index (χ2n) is 6.69. The lowest BCUT2D eigenvalue weighted by Crippen LogP contribution is -2.49. The van der Waals surface area contributed by atoms with Gasteiger partial charge in [0, 0.05) is 11.8 Å². The van der Waals surface area contributed by atoms with E-state index in [1.807, 2.05) is 23.1 Å². The number of nitrogens with zero attached hydrogens (tertiary/aromatic N) is 2. The minimum atomic E-state index is -0.341. The fraction of sp³-hybridized carbons (Fsp3) is 0.300. The third-order valence-corrected chi connectivity index (χ3v) is 5.12. The Morgan fingerprint density at radius 3 is 2.71 bits per heavy atom. The van der Waals surface area contributed by atoms with Crippen molar-refractivity contribution in [2.24, 2.45) is 0 Å². The number of amides is 1. The van der Waals surface area contributed by atoms with Gasteiger partial charge >= 0.3 is 0 Å². The Bertz CT molecular complexity index is 797. The monoisotopic (exact) mass is 338 g/mol. The van der Waals surface area contributed by atoms with E-state index in [4.69, 9.17) is 0 Å². The molecule has 1 aromatic carbocycles. The molecule has 3 nitrogen and oxygen atoms in total. The Morgan fingerprint density at radius 1 is 1.21 bits per heavy atom. The first-order valence-corrected chi connectivity index (χ1v) is 9.04. The molecule has 1 amide bonds. The molecule has 0 saturated carbocycles. The third-order valence-electron chi connectivity index (χ3n) is 4.20. The Balaban J connectivity index is 1.91. The number of pyridine rings is 1. The highest BCUT2D eigenvalue weighted by atomic mass is 32.2. The molecule has 124 valence electrons. The zero-order valence-electron chi connectivity index (χ0n) is 14.5. The van der Waals surface area contributed by atoms with E-state index in [9.17, 15) is 4.79 Å². The van der Waals surface area contributed by atoms with Crippen LogP contribution in [0.4, 0.5) is 5.69 Å². The molecule has 0 saturated heterocycles. The lowest BCUT2D eigenvalue weighted by Gasteiger charge is -2.41. The lowest BCUT2D eigenvalue weighted by atomic mass is 9.88. The number of allylic oxidation sites excluding steroid dienone is 1. The topological polar surface area (TPSA) is 33.2 Å². The first-order valence-electron chi connectivity index (χ1n) is 8.06. The first kappa shape index (κ1) is 16.8. The summed E-state index contributed by atoms with van der Waals surface area (Å²) in [6.07, 6.45) is 3.93. The zero-order chi connectivity index (χ0) is 17.3. The number of anilines is 1. The number of carbonyl (C=O) groups is 1. The van der Waals surface area contributed by atoms with E-state index >= 15 is 0 Å². The number of aryl methyl sites for hydroxylation is 1. The van der Waals surface area contributed by atoms with Crippen LogP contribution >= 0.6 is 11.8 Å². The summed E-state index contributed by atoms with van der Waals surface area (Å²) in [5.41, 5.74) is 4.18. The van der Waals surface area contributed by atoms with Crippen molar-refractivity contribution in [1.29, 1.82) is 0 Å². The van der Waals surface area contributed by atoms with Crippen molar-refractivity contribution in [1.82, 2.24) is 4.98 Å². The minimum absolute atomic E-state index is 0.103. The van der Waals surface area contributed by atoms with Crippen LogP contribution in [0, 0.1) is 6.92 Å². The smallest absolute Gasteiger partial charge is 0.238 e. The molecule has 0 unspecified atom stereocenters. The van der Waals surface area contributed by atoms with Gasteiger partial charge in [-0.1, -0.05) is 36.0 Å². The van der Waals surface area contributed by atoms with Gasteiger partial charge in [0.15, 0.2) is 0 Å². The summed E-state index contributed by atoms with van der Waals surface area (Å²) in [7, 11) is 0. The SMILES string of the molecule is CC1=CC(C)(C)N(C(=O)CSc2ccccn2)c2cc(C)ccc21. The quantitative estimate of drug-likeness (QED) is 0.760. The van der Waals surface area contributed by atoms with E-state index in [0.29, 0.717) is 5.75 Å². The fourth-order valence-electron chi connectivity index (χ4n) is 3.23. The van der Waals surface area contributed by atoms with E-state index in [2.05, 4.69) is 57.0 Å². The predicted octanol–water partition coefficient (Wildman–Crippen LogP) is 4.71. The molecule has 3 rings (SSSR count). The Hall–Kier alpha value is -2.07. The maximum absolute atomic E-state index is 13.0. The molecule has 0 aliphatic carbocycles. The molecule has 0 N–H and O–H groups in total. The van der Waals surface area contributed by atoms with E-state index < -0.39 is 0 Å². The molecular weight excluding hydrogens is 316 g/mol. The van der Waals surface area contributed by atoms with Crippen LogP contribution in [0.5, 0.6) is 0 Å². The summed E-state index contributed by atoms with van der Waals surface area (Å²) < 4.78 is 0. The number of hydrogen-bond acceptors (Lipinski definition) is 3. The van der Waals surface area contributed by atoms with E-state index in [1.165, 1.54) is 17.3 Å². The number of hydrogen-bond donors (Lipinski definition) is 0. The van der Waals surface area contributed by atoms with Crippen molar-refractivity contribution >= 4 is 28.9 Å². The van der Waals surface area contributed by atoms with Gasteiger partial charge in [0.25, 0.3) is 0 Å². The molecule has 4 heteroatoms. The van der Waals surface area contributed by atoms with Gasteiger partial charge in [-0.05, 0) is 57.0 Å². The Morgan fingerprint density at radius 2 is 2.00 bits per heavy atom. The number of aromatic nitrogens is 1. The van der Waals surface area contributed by atoms with Crippen LogP contribution in [0.1, 0.15) is 31.9 Å². The van der Waals surface area contributed by atoms with Crippen molar-refractivity contribution < 1.29 is 4.79 Å². The summed E-state index contributed by atoms with van der Waals surface area (Å²) in [6, 6.07) is 12.1. The van der Waals surface area contributed by atoms with Gasteiger partial charge in [-0.3, -0.25) is 4.79 Å². The molecule has 1 aliphatic rings. The largest absolute Gasteiger partial charge is 0.302 e. The van der Waals surface area contributed by atoms with Crippen molar-refractivity contribution in [3.63, 3.8) is 0 Å². The van der Waals surface area contributed by atoms with Crippen LogP contribution in [0.25, 0.3) is 5.57 Å². The van der Waals surface area contributed by atoms with E-state index in [0.717, 1.165) is 21.8 Å². The summed E-state index contributed by atoms with van der Waals surface area (Å²) in [6.45, 7) is 8.35. The van der Waals surface area contributed by atoms with Gasteiger partial charge in [0.2, 0.25) is 5.91 Å². The van der Waals surface area contributed by atoms with Crippen molar-refractivity contribution in [2.75, 3.05) is 10.7 Å². The lowest BCUT2D eigenvalue weighted by molar-refractivity contribution is -0.116. The van der Waals surface area contributed by atoms with Gasteiger partial charge in [0.1, 0.15) is 0 Å². The Labute approximate surface area is 147 Å². The van der Waals surface area contributed by atoms with Crippen molar-refractivity contribution in [2.45, 2.75) is 38.3 Å². The van der Waals surface area contributed by atoms with Crippen LogP contribution in [0.2, 0.25) is 0 Å². The second-order valence-corrected chi connectivity index (χ2v) is 7.68. The van der Waals surface area contributed by atoms with Gasteiger partial charge in [-0.2, -0.15) is 0 Å². The molecule has 1 aromatic heterocycles. The average molecular weight is 338 g/mol. The van der Waals surface area contributed by atoms with Crippen molar-refractivity contribution in [3.05, 3.63) is 59.8 Å². The predicted molar refractivity (Wildman–Crippen MR) is 101 cm³/mol. The summed E-state index contributed by atoms with van der Waals surface area (Å²) in [5, 5.41) is 0.872. The van der Waals surface area contributed by atoms with Crippen LogP contribution in [0.3, 0.4) is 0 Å².